The summed E-state index contributed by atoms with van der Waals surface area (Å²) < 4.78 is 4.47. The summed E-state index contributed by atoms with van der Waals surface area (Å²) in [5.41, 5.74) is 5.28. The number of aliphatic hydroxyl groups excluding tert-OH is 1. The lowest BCUT2D eigenvalue weighted by Crippen LogP contribution is -2.35. The first-order valence-corrected chi connectivity index (χ1v) is 4.80. The Hall–Kier alpha value is -2.15. The molecule has 0 bridgehead atoms. The number of amides is 1. The molecule has 7 heteroatoms. The second-order valence-corrected chi connectivity index (χ2v) is 3.17. The zero-order chi connectivity index (χ0) is 12.8. The first kappa shape index (κ1) is 12.9. The number of esters is 1. The number of nitrogens with two attached hydrogens (primary N) is 1. The van der Waals surface area contributed by atoms with E-state index < -0.39 is 24.5 Å². The zero-order valence-electron chi connectivity index (χ0n) is 9.21. The van der Waals surface area contributed by atoms with Crippen molar-refractivity contribution in [2.24, 2.45) is 5.73 Å². The molecule has 4 N–H and O–H groups in total. The van der Waals surface area contributed by atoms with Crippen LogP contribution < -0.4 is 11.1 Å². The van der Waals surface area contributed by atoms with E-state index in [1.807, 2.05) is 0 Å². The van der Waals surface area contributed by atoms with Gasteiger partial charge in [0.15, 0.2) is 0 Å². The van der Waals surface area contributed by atoms with Crippen molar-refractivity contribution >= 4 is 17.7 Å². The lowest BCUT2D eigenvalue weighted by molar-refractivity contribution is -0.142. The number of rotatable bonds is 5. The number of pyridine rings is 1. The quantitative estimate of drug-likeness (QED) is 0.575. The molecular weight excluding hydrogens is 226 g/mol. The number of nitrogens with zero attached hydrogens (tertiary/aromatic N) is 1. The van der Waals surface area contributed by atoms with Gasteiger partial charge in [0.2, 0.25) is 0 Å². The summed E-state index contributed by atoms with van der Waals surface area (Å²) in [6.45, 7) is -0.485. The molecule has 0 saturated carbocycles. The summed E-state index contributed by atoms with van der Waals surface area (Å²) in [5, 5.41) is 11.6. The molecule has 0 radical (unpaired) electrons. The van der Waals surface area contributed by atoms with Crippen LogP contribution in [0.15, 0.2) is 18.3 Å². The minimum Gasteiger partial charge on any atom is -0.467 e. The molecule has 0 aliphatic rings. The van der Waals surface area contributed by atoms with E-state index in [0.29, 0.717) is 0 Å². The smallest absolute Gasteiger partial charge is 0.330 e. The highest BCUT2D eigenvalue weighted by Gasteiger charge is 2.20. The topological polar surface area (TPSA) is 115 Å². The molecule has 0 aliphatic carbocycles. The number of aliphatic hydroxyl groups is 1. The second kappa shape index (κ2) is 5.80. The summed E-state index contributed by atoms with van der Waals surface area (Å²) in [5.74, 6) is -1.21. The average molecular weight is 239 g/mol. The van der Waals surface area contributed by atoms with Crippen molar-refractivity contribution in [3.05, 3.63) is 23.9 Å². The van der Waals surface area contributed by atoms with Gasteiger partial charge in [0, 0.05) is 6.20 Å². The van der Waals surface area contributed by atoms with Crippen LogP contribution in [0, 0.1) is 0 Å². The third-order valence-corrected chi connectivity index (χ3v) is 2.05. The van der Waals surface area contributed by atoms with Gasteiger partial charge in [0.1, 0.15) is 11.9 Å². The number of methoxy groups -OCH3 is 1. The summed E-state index contributed by atoms with van der Waals surface area (Å²) in [4.78, 5) is 26.2. The lowest BCUT2D eigenvalue weighted by atomic mass is 10.2. The molecule has 1 unspecified atom stereocenters. The molecule has 0 saturated heterocycles. The molecule has 1 aromatic heterocycles. The minimum atomic E-state index is -0.993. The number of ether oxygens (including phenoxy) is 1. The van der Waals surface area contributed by atoms with Gasteiger partial charge in [-0.15, -0.1) is 0 Å². The number of primary amides is 1. The Bertz CT molecular complexity index is 422. The highest BCUT2D eigenvalue weighted by Crippen LogP contribution is 2.12. The van der Waals surface area contributed by atoms with Crippen LogP contribution in [0.1, 0.15) is 10.4 Å². The molecule has 0 aromatic carbocycles. The van der Waals surface area contributed by atoms with Gasteiger partial charge in [-0.05, 0) is 12.1 Å². The van der Waals surface area contributed by atoms with E-state index >= 15 is 0 Å². The number of carbonyl (C=O) groups excluding carboxylic acids is 2. The molecule has 17 heavy (non-hydrogen) atoms. The Morgan fingerprint density at radius 3 is 2.88 bits per heavy atom. The Labute approximate surface area is 97.6 Å². The Kier molecular flexibility index (Phi) is 4.41. The fourth-order valence-corrected chi connectivity index (χ4v) is 1.21. The van der Waals surface area contributed by atoms with Crippen LogP contribution >= 0.6 is 0 Å². The first-order valence-electron chi connectivity index (χ1n) is 4.80. The number of hydrogen-bond acceptors (Lipinski definition) is 6. The number of anilines is 1. The van der Waals surface area contributed by atoms with Gasteiger partial charge in [-0.3, -0.25) is 4.79 Å². The van der Waals surface area contributed by atoms with E-state index in [1.54, 1.807) is 0 Å². The van der Waals surface area contributed by atoms with Crippen LogP contribution in [0.25, 0.3) is 0 Å². The summed E-state index contributed by atoms with van der Waals surface area (Å²) in [6.07, 6.45) is 1.43. The van der Waals surface area contributed by atoms with Crippen LogP contribution in [0.4, 0.5) is 5.82 Å². The van der Waals surface area contributed by atoms with Crippen LogP contribution in [-0.4, -0.2) is 41.7 Å². The van der Waals surface area contributed by atoms with E-state index in [-0.39, 0.29) is 11.4 Å². The monoisotopic (exact) mass is 239 g/mol. The van der Waals surface area contributed by atoms with Crippen LogP contribution in [-0.2, 0) is 9.53 Å². The molecular formula is C10H13N3O4. The van der Waals surface area contributed by atoms with Gasteiger partial charge in [0.05, 0.1) is 19.3 Å². The highest BCUT2D eigenvalue weighted by molar-refractivity contribution is 5.98. The number of nitrogens with one attached hydrogen (secondary N) is 1. The van der Waals surface area contributed by atoms with Gasteiger partial charge < -0.3 is 20.9 Å². The molecule has 0 aliphatic heterocycles. The fourth-order valence-electron chi connectivity index (χ4n) is 1.21. The third kappa shape index (κ3) is 3.15. The van der Waals surface area contributed by atoms with Crippen molar-refractivity contribution in [2.45, 2.75) is 6.04 Å². The molecule has 92 valence electrons. The molecule has 1 rings (SSSR count). The van der Waals surface area contributed by atoms with Crippen LogP contribution in [0.5, 0.6) is 0 Å². The number of carbonyl (C=O) groups is 2. The van der Waals surface area contributed by atoms with Gasteiger partial charge in [0.25, 0.3) is 5.91 Å². The summed E-state index contributed by atoms with van der Waals surface area (Å²) >= 11 is 0. The fraction of sp³-hybridized carbons (Fsp3) is 0.300. The van der Waals surface area contributed by atoms with Crippen molar-refractivity contribution in [3.8, 4) is 0 Å². The Morgan fingerprint density at radius 2 is 2.35 bits per heavy atom. The van der Waals surface area contributed by atoms with Crippen molar-refractivity contribution < 1.29 is 19.4 Å². The maximum Gasteiger partial charge on any atom is 0.330 e. The van der Waals surface area contributed by atoms with E-state index in [2.05, 4.69) is 15.0 Å². The summed E-state index contributed by atoms with van der Waals surface area (Å²) in [7, 11) is 1.19. The maximum absolute atomic E-state index is 11.2. The Balaban J connectivity index is 2.93. The van der Waals surface area contributed by atoms with E-state index in [0.717, 1.165) is 0 Å². The maximum atomic E-state index is 11.2. The number of hydrogen-bond donors (Lipinski definition) is 3. The van der Waals surface area contributed by atoms with Crippen molar-refractivity contribution in [1.29, 1.82) is 0 Å². The van der Waals surface area contributed by atoms with E-state index in [1.165, 1.54) is 25.4 Å². The second-order valence-electron chi connectivity index (χ2n) is 3.17. The number of aromatic nitrogens is 1. The molecule has 0 fully saturated rings. The lowest BCUT2D eigenvalue weighted by Gasteiger charge is -2.15. The summed E-state index contributed by atoms with van der Waals surface area (Å²) in [6, 6.07) is 2.01. The SMILES string of the molecule is COC(=O)C(CO)Nc1ncccc1C(N)=O. The molecule has 1 amide bonds. The molecule has 0 spiro atoms. The van der Waals surface area contributed by atoms with Gasteiger partial charge >= 0.3 is 5.97 Å². The predicted molar refractivity (Wildman–Crippen MR) is 59.3 cm³/mol. The Morgan fingerprint density at radius 1 is 1.65 bits per heavy atom. The standard InChI is InChI=1S/C10H13N3O4/c1-17-10(16)7(5-14)13-9-6(8(11)15)3-2-4-12-9/h2-4,7,14H,5H2,1H3,(H2,11,15)(H,12,13). The third-order valence-electron chi connectivity index (χ3n) is 2.05. The van der Waals surface area contributed by atoms with Crippen molar-refractivity contribution in [3.63, 3.8) is 0 Å². The molecule has 1 atom stereocenters. The van der Waals surface area contributed by atoms with E-state index in [9.17, 15) is 9.59 Å². The predicted octanol–water partition coefficient (Wildman–Crippen LogP) is -0.874. The first-order chi connectivity index (χ1) is 8.10. The van der Waals surface area contributed by atoms with Gasteiger partial charge in [-0.2, -0.15) is 0 Å². The molecule has 1 heterocycles. The molecule has 7 nitrogen and oxygen atoms in total. The average Bonchev–Trinajstić information content (AvgIpc) is 2.35. The molecule has 1 aromatic rings. The van der Waals surface area contributed by atoms with Crippen LogP contribution in [0.2, 0.25) is 0 Å². The highest BCUT2D eigenvalue weighted by atomic mass is 16.5. The van der Waals surface area contributed by atoms with Gasteiger partial charge in [-0.1, -0.05) is 0 Å². The zero-order valence-corrected chi connectivity index (χ0v) is 9.21. The van der Waals surface area contributed by atoms with Crippen molar-refractivity contribution in [1.82, 2.24) is 4.98 Å². The van der Waals surface area contributed by atoms with Crippen LogP contribution in [0.3, 0.4) is 0 Å². The van der Waals surface area contributed by atoms with E-state index in [4.69, 9.17) is 10.8 Å². The van der Waals surface area contributed by atoms with Gasteiger partial charge in [-0.25, -0.2) is 9.78 Å². The minimum absolute atomic E-state index is 0.129. The largest absolute Gasteiger partial charge is 0.467 e. The van der Waals surface area contributed by atoms with Crippen molar-refractivity contribution in [2.75, 3.05) is 19.0 Å². The normalized spacial score (nSPS) is 11.6.